The smallest absolute Gasteiger partial charge is 0.417 e. The van der Waals surface area contributed by atoms with E-state index in [1.165, 1.54) is 21.6 Å². The summed E-state index contributed by atoms with van der Waals surface area (Å²) >= 11 is 0. The van der Waals surface area contributed by atoms with E-state index >= 15 is 0 Å². The molecule has 0 aliphatic heterocycles. The van der Waals surface area contributed by atoms with Crippen LogP contribution in [0, 0.1) is 0 Å². The van der Waals surface area contributed by atoms with E-state index in [1.54, 1.807) is 55.6 Å². The molecule has 1 unspecified atom stereocenters. The SMILES string of the molecule is CNCC(=O)NCCSSCC(C(=O)OC(C)(C)C)N(C(=O)CNC)C(=O)OC(C)(C)C. The van der Waals surface area contributed by atoms with Crippen molar-refractivity contribution >= 4 is 45.5 Å². The molecule has 32 heavy (non-hydrogen) atoms. The lowest BCUT2D eigenvalue weighted by Gasteiger charge is -2.32. The molecule has 186 valence electrons. The molecule has 0 saturated carbocycles. The van der Waals surface area contributed by atoms with Gasteiger partial charge in [-0.3, -0.25) is 9.59 Å². The Labute approximate surface area is 199 Å². The molecule has 1 atom stereocenters. The molecule has 0 fully saturated rings. The van der Waals surface area contributed by atoms with Gasteiger partial charge in [0.25, 0.3) is 0 Å². The van der Waals surface area contributed by atoms with Gasteiger partial charge in [0.1, 0.15) is 11.2 Å². The monoisotopic (exact) mass is 494 g/mol. The van der Waals surface area contributed by atoms with Gasteiger partial charge in [-0.1, -0.05) is 21.6 Å². The number of imide groups is 1. The molecule has 0 aliphatic rings. The van der Waals surface area contributed by atoms with Gasteiger partial charge in [0.2, 0.25) is 11.8 Å². The van der Waals surface area contributed by atoms with Crippen LogP contribution in [0.3, 0.4) is 0 Å². The minimum absolute atomic E-state index is 0.110. The van der Waals surface area contributed by atoms with Crippen molar-refractivity contribution in [2.75, 3.05) is 45.2 Å². The summed E-state index contributed by atoms with van der Waals surface area (Å²) in [5.74, 6) is -0.708. The molecule has 0 radical (unpaired) electrons. The third kappa shape index (κ3) is 13.8. The summed E-state index contributed by atoms with van der Waals surface area (Å²) in [5, 5.41) is 8.22. The summed E-state index contributed by atoms with van der Waals surface area (Å²) in [6, 6.07) is -1.17. The maximum absolute atomic E-state index is 12.9. The van der Waals surface area contributed by atoms with Crippen molar-refractivity contribution in [3.05, 3.63) is 0 Å². The molecule has 0 bridgehead atoms. The standard InChI is InChI=1S/C20H38N4O6S2/c1-19(2,3)29-17(27)14(13-32-31-10-9-23-15(25)11-21-7)24(16(26)12-22-8)18(28)30-20(4,5)6/h14,21-22H,9-13H2,1-8H3,(H,23,25). The Hall–Kier alpha value is -1.50. The van der Waals surface area contributed by atoms with Crippen LogP contribution < -0.4 is 16.0 Å². The fraction of sp³-hybridized carbons (Fsp3) is 0.800. The van der Waals surface area contributed by atoms with Crippen LogP contribution in [-0.4, -0.2) is 91.3 Å². The summed E-state index contributed by atoms with van der Waals surface area (Å²) in [7, 11) is 5.98. The highest BCUT2D eigenvalue weighted by molar-refractivity contribution is 8.76. The van der Waals surface area contributed by atoms with E-state index in [4.69, 9.17) is 9.47 Å². The highest BCUT2D eigenvalue weighted by Crippen LogP contribution is 2.25. The third-order valence-corrected chi connectivity index (χ3v) is 5.73. The van der Waals surface area contributed by atoms with Crippen LogP contribution in [0.2, 0.25) is 0 Å². The van der Waals surface area contributed by atoms with E-state index < -0.39 is 35.2 Å². The largest absolute Gasteiger partial charge is 0.458 e. The fourth-order valence-electron chi connectivity index (χ4n) is 2.19. The molecule has 0 aliphatic carbocycles. The number of nitrogens with one attached hydrogen (secondary N) is 3. The summed E-state index contributed by atoms with van der Waals surface area (Å²) < 4.78 is 10.9. The Bertz CT molecular complexity index is 635. The molecule has 0 aromatic heterocycles. The molecule has 3 N–H and O–H groups in total. The van der Waals surface area contributed by atoms with Gasteiger partial charge in [0.05, 0.1) is 13.1 Å². The lowest BCUT2D eigenvalue weighted by Crippen LogP contribution is -2.54. The van der Waals surface area contributed by atoms with Crippen LogP contribution in [0.25, 0.3) is 0 Å². The third-order valence-electron chi connectivity index (χ3n) is 3.33. The average Bonchev–Trinajstić information content (AvgIpc) is 2.60. The normalized spacial score (nSPS) is 12.6. The Balaban J connectivity index is 5.38. The van der Waals surface area contributed by atoms with E-state index in [2.05, 4.69) is 16.0 Å². The zero-order chi connectivity index (χ0) is 24.9. The van der Waals surface area contributed by atoms with Crippen LogP contribution in [0.4, 0.5) is 4.79 Å². The molecule has 3 amide bonds. The summed E-state index contributed by atoms with van der Waals surface area (Å²) in [6.07, 6.45) is -0.904. The predicted octanol–water partition coefficient (Wildman–Crippen LogP) is 1.40. The molecule has 10 nitrogen and oxygen atoms in total. The van der Waals surface area contributed by atoms with Gasteiger partial charge < -0.3 is 25.4 Å². The first-order valence-electron chi connectivity index (χ1n) is 10.3. The number of rotatable bonds is 12. The van der Waals surface area contributed by atoms with Crippen molar-refractivity contribution in [1.82, 2.24) is 20.9 Å². The fourth-order valence-corrected chi connectivity index (χ4v) is 4.29. The van der Waals surface area contributed by atoms with Gasteiger partial charge in [0, 0.05) is 18.1 Å². The van der Waals surface area contributed by atoms with Gasteiger partial charge >= 0.3 is 12.1 Å². The number of esters is 1. The molecule has 0 heterocycles. The molecule has 12 heteroatoms. The van der Waals surface area contributed by atoms with Crippen LogP contribution in [0.1, 0.15) is 41.5 Å². The number of likely N-dealkylation sites (N-methyl/N-ethyl adjacent to an activating group) is 2. The van der Waals surface area contributed by atoms with E-state index in [9.17, 15) is 19.2 Å². The molecular weight excluding hydrogens is 456 g/mol. The van der Waals surface area contributed by atoms with E-state index in [0.29, 0.717) is 12.3 Å². The van der Waals surface area contributed by atoms with Crippen molar-refractivity contribution in [1.29, 1.82) is 0 Å². The average molecular weight is 495 g/mol. The number of carbonyl (C=O) groups excluding carboxylic acids is 4. The second-order valence-electron chi connectivity index (χ2n) is 8.81. The lowest BCUT2D eigenvalue weighted by atomic mass is 10.2. The second kappa shape index (κ2) is 14.6. The lowest BCUT2D eigenvalue weighted by molar-refractivity contribution is -0.163. The molecule has 0 saturated heterocycles. The van der Waals surface area contributed by atoms with Gasteiger partial charge in [-0.2, -0.15) is 0 Å². The summed E-state index contributed by atoms with van der Waals surface area (Å²) in [5.41, 5.74) is -1.64. The quantitative estimate of drug-likeness (QED) is 0.208. The molecule has 0 spiro atoms. The van der Waals surface area contributed by atoms with Gasteiger partial charge in [0.15, 0.2) is 6.04 Å². The second-order valence-corrected chi connectivity index (χ2v) is 11.4. The number of amides is 3. The zero-order valence-electron chi connectivity index (χ0n) is 20.3. The predicted molar refractivity (Wildman–Crippen MR) is 128 cm³/mol. The number of hydrogen-bond acceptors (Lipinski definition) is 10. The van der Waals surface area contributed by atoms with Crippen molar-refractivity contribution in [3.63, 3.8) is 0 Å². The van der Waals surface area contributed by atoms with Crippen molar-refractivity contribution in [3.8, 4) is 0 Å². The minimum Gasteiger partial charge on any atom is -0.458 e. The van der Waals surface area contributed by atoms with Crippen LogP contribution in [0.5, 0.6) is 0 Å². The van der Waals surface area contributed by atoms with Crippen LogP contribution in [0.15, 0.2) is 0 Å². The maximum atomic E-state index is 12.9. The van der Waals surface area contributed by atoms with Crippen LogP contribution >= 0.6 is 21.6 Å². The molecule has 0 aromatic rings. The Kier molecular flexibility index (Phi) is 13.9. The topological polar surface area (TPSA) is 126 Å². The molecular formula is C20H38N4O6S2. The zero-order valence-corrected chi connectivity index (χ0v) is 22.0. The molecule has 0 rings (SSSR count). The van der Waals surface area contributed by atoms with Gasteiger partial charge in [-0.15, -0.1) is 0 Å². The first-order valence-corrected chi connectivity index (χ1v) is 12.8. The maximum Gasteiger partial charge on any atom is 0.417 e. The van der Waals surface area contributed by atoms with Crippen molar-refractivity contribution in [2.45, 2.75) is 58.8 Å². The van der Waals surface area contributed by atoms with Gasteiger partial charge in [-0.05, 0) is 55.6 Å². The highest BCUT2D eigenvalue weighted by atomic mass is 33.1. The van der Waals surface area contributed by atoms with Crippen molar-refractivity contribution in [2.24, 2.45) is 0 Å². The Morgan fingerprint density at radius 2 is 1.44 bits per heavy atom. The van der Waals surface area contributed by atoms with Crippen molar-refractivity contribution < 1.29 is 28.7 Å². The molecule has 0 aromatic carbocycles. The Morgan fingerprint density at radius 3 is 1.94 bits per heavy atom. The number of nitrogens with zero attached hydrogens (tertiary/aromatic N) is 1. The van der Waals surface area contributed by atoms with E-state index in [1.807, 2.05) is 0 Å². The first-order chi connectivity index (χ1) is 14.7. The highest BCUT2D eigenvalue weighted by Gasteiger charge is 2.39. The minimum atomic E-state index is -1.17. The van der Waals surface area contributed by atoms with Gasteiger partial charge in [-0.25, -0.2) is 14.5 Å². The van der Waals surface area contributed by atoms with E-state index in [0.717, 1.165) is 4.90 Å². The first kappa shape index (κ1) is 30.5. The number of carbonyl (C=O) groups is 4. The van der Waals surface area contributed by atoms with E-state index in [-0.39, 0.29) is 24.7 Å². The number of ether oxygens (including phenoxy) is 2. The summed E-state index contributed by atoms with van der Waals surface area (Å²) in [4.78, 5) is 50.8. The Morgan fingerprint density at radius 1 is 0.875 bits per heavy atom. The number of hydrogen-bond donors (Lipinski definition) is 3. The van der Waals surface area contributed by atoms with Crippen LogP contribution in [-0.2, 0) is 23.9 Å². The summed E-state index contributed by atoms with van der Waals surface area (Å²) in [6.45, 7) is 10.7.